The van der Waals surface area contributed by atoms with Crippen LogP contribution in [-0.4, -0.2) is 44.3 Å². The first-order chi connectivity index (χ1) is 8.67. The molecule has 0 saturated carbocycles. The Kier molecular flexibility index (Phi) is 15.8. The van der Waals surface area contributed by atoms with Gasteiger partial charge in [-0.15, -0.1) is 0 Å². The summed E-state index contributed by atoms with van der Waals surface area (Å²) in [6.45, 7) is 0. The fraction of sp³-hybridized carbons (Fsp3) is 0.500. The molecule has 0 aliphatic carbocycles. The third kappa shape index (κ3) is 12.1. The predicted octanol–water partition coefficient (Wildman–Crippen LogP) is -4.64. The van der Waals surface area contributed by atoms with Crippen LogP contribution in [0.2, 0.25) is 0 Å². The second kappa shape index (κ2) is 13.1. The summed E-state index contributed by atoms with van der Waals surface area (Å²) in [7, 11) is -1.75. The summed E-state index contributed by atoms with van der Waals surface area (Å²) in [5, 5.41) is 34.1. The molecule has 0 saturated heterocycles. The molecule has 0 aromatic heterocycles. The van der Waals surface area contributed by atoms with Crippen molar-refractivity contribution in [2.24, 2.45) is 11.8 Å². The van der Waals surface area contributed by atoms with Crippen LogP contribution >= 0.6 is 8.69 Å². The van der Waals surface area contributed by atoms with Crippen molar-refractivity contribution in [2.75, 3.05) is 0 Å². The molecule has 0 aromatic rings. The van der Waals surface area contributed by atoms with Gasteiger partial charge in [-0.1, -0.05) is 0 Å². The predicted molar refractivity (Wildman–Crippen MR) is 57.2 cm³/mol. The first-order valence-electron chi connectivity index (χ1n) is 4.62. The molecule has 0 aromatic carbocycles. The molecule has 0 amide bonds. The van der Waals surface area contributed by atoms with Gasteiger partial charge in [0.15, 0.2) is 0 Å². The molecule has 0 aliphatic rings. The largest absolute Gasteiger partial charge is 1.00 e. The number of hydrogen-bond acceptors (Lipinski definition) is 6. The minimum absolute atomic E-state index is 0. The van der Waals surface area contributed by atoms with Crippen molar-refractivity contribution in [2.45, 2.75) is 12.8 Å². The SMILES string of the molecule is O=C(O)CC(C(=O)O)C(CC(=O)O)C(=O)O.O=[PH2][O-].[Na+]. The maximum atomic E-state index is 10.6. The second-order valence-corrected chi connectivity index (χ2v) is 3.37. The van der Waals surface area contributed by atoms with Crippen LogP contribution in [-0.2, 0) is 23.7 Å². The Bertz CT molecular complexity index is 338. The average Bonchev–Trinajstić information content (AvgIpc) is 2.22. The second-order valence-electron chi connectivity index (χ2n) is 3.18. The summed E-state index contributed by atoms with van der Waals surface area (Å²) in [5.41, 5.74) is 0. The van der Waals surface area contributed by atoms with Crippen molar-refractivity contribution in [3.05, 3.63) is 0 Å². The average molecular weight is 322 g/mol. The molecule has 0 rings (SSSR count). The minimum Gasteiger partial charge on any atom is -0.804 e. The number of hydrogen-bond donors (Lipinski definition) is 4. The minimum atomic E-state index is -1.76. The Labute approximate surface area is 136 Å². The number of carboxylic acids is 4. The van der Waals surface area contributed by atoms with Crippen molar-refractivity contribution in [3.63, 3.8) is 0 Å². The van der Waals surface area contributed by atoms with Gasteiger partial charge in [-0.2, -0.15) is 0 Å². The third-order valence-corrected chi connectivity index (χ3v) is 1.91. The van der Waals surface area contributed by atoms with Crippen LogP contribution in [0.1, 0.15) is 12.8 Å². The molecule has 12 heteroatoms. The standard InChI is InChI=1S/C8H10O8.Na.H3O2P/c9-5(10)1-3(7(13)14)4(8(15)16)2-6(11)12;;1-3-2/h3-4H,1-2H2,(H,9,10)(H,11,12)(H,13,14)(H,15,16);;3H2,(H,1,2)/q;+1;/p-1. The smallest absolute Gasteiger partial charge is 0.804 e. The first-order valence-corrected chi connectivity index (χ1v) is 5.56. The molecule has 20 heavy (non-hydrogen) atoms. The molecule has 0 radical (unpaired) electrons. The van der Waals surface area contributed by atoms with E-state index in [1.165, 1.54) is 0 Å². The van der Waals surface area contributed by atoms with Crippen molar-refractivity contribution >= 4 is 32.6 Å². The van der Waals surface area contributed by atoms with Crippen LogP contribution in [0.15, 0.2) is 0 Å². The van der Waals surface area contributed by atoms with Crippen LogP contribution < -0.4 is 34.5 Å². The third-order valence-electron chi connectivity index (χ3n) is 1.91. The summed E-state index contributed by atoms with van der Waals surface area (Å²) in [4.78, 5) is 50.4. The van der Waals surface area contributed by atoms with Gasteiger partial charge in [-0.05, 0) is 8.69 Å². The van der Waals surface area contributed by atoms with Gasteiger partial charge in [0.1, 0.15) is 0 Å². The maximum absolute atomic E-state index is 10.6. The van der Waals surface area contributed by atoms with Crippen molar-refractivity contribution in [1.29, 1.82) is 0 Å². The quantitative estimate of drug-likeness (QED) is 0.262. The maximum Gasteiger partial charge on any atom is 1.00 e. The van der Waals surface area contributed by atoms with Crippen molar-refractivity contribution in [1.82, 2.24) is 0 Å². The van der Waals surface area contributed by atoms with E-state index < -0.39 is 57.2 Å². The molecule has 110 valence electrons. The molecule has 4 N–H and O–H groups in total. The molecular weight excluding hydrogens is 310 g/mol. The topological polar surface area (TPSA) is 189 Å². The molecule has 0 aliphatic heterocycles. The Morgan fingerprint density at radius 2 is 1.05 bits per heavy atom. The van der Waals surface area contributed by atoms with E-state index in [2.05, 4.69) is 0 Å². The molecular formula is C8H12NaO10P. The van der Waals surface area contributed by atoms with Gasteiger partial charge in [0.2, 0.25) is 0 Å². The molecule has 3 unspecified atom stereocenters. The van der Waals surface area contributed by atoms with Crippen LogP contribution in [0.4, 0.5) is 0 Å². The summed E-state index contributed by atoms with van der Waals surface area (Å²) in [6.07, 6.45) is -1.86. The summed E-state index contributed by atoms with van der Waals surface area (Å²) >= 11 is 0. The molecule has 0 fully saturated rings. The van der Waals surface area contributed by atoms with Gasteiger partial charge >= 0.3 is 53.4 Å². The van der Waals surface area contributed by atoms with Gasteiger partial charge in [0.05, 0.1) is 24.7 Å². The number of aliphatic carboxylic acids is 4. The fourth-order valence-electron chi connectivity index (χ4n) is 1.18. The Balaban J connectivity index is -0.000000657. The van der Waals surface area contributed by atoms with E-state index in [4.69, 9.17) is 29.9 Å². The van der Waals surface area contributed by atoms with E-state index >= 15 is 0 Å². The van der Waals surface area contributed by atoms with Gasteiger partial charge in [-0.3, -0.25) is 19.2 Å². The summed E-state index contributed by atoms with van der Waals surface area (Å²) < 4.78 is 8.46. The zero-order valence-corrected chi connectivity index (χ0v) is 13.5. The van der Waals surface area contributed by atoms with E-state index in [0.717, 1.165) is 0 Å². The van der Waals surface area contributed by atoms with Crippen molar-refractivity contribution in [3.8, 4) is 0 Å². The molecule has 0 spiro atoms. The Hall–Kier alpha value is -0.930. The van der Waals surface area contributed by atoms with Gasteiger partial charge < -0.3 is 29.9 Å². The zero-order chi connectivity index (χ0) is 15.6. The Morgan fingerprint density at radius 3 is 1.15 bits per heavy atom. The fourth-order valence-corrected chi connectivity index (χ4v) is 1.18. The molecule has 0 heterocycles. The molecule has 10 nitrogen and oxygen atoms in total. The van der Waals surface area contributed by atoms with E-state index in [0.29, 0.717) is 0 Å². The number of rotatable bonds is 7. The van der Waals surface area contributed by atoms with E-state index in [1.807, 2.05) is 0 Å². The van der Waals surface area contributed by atoms with E-state index in [-0.39, 0.29) is 29.6 Å². The van der Waals surface area contributed by atoms with Crippen LogP contribution in [0.3, 0.4) is 0 Å². The number of carboxylic acid groups (broad SMARTS) is 4. The van der Waals surface area contributed by atoms with Crippen LogP contribution in [0, 0.1) is 11.8 Å². The zero-order valence-electron chi connectivity index (χ0n) is 10.4. The van der Waals surface area contributed by atoms with Crippen LogP contribution in [0.25, 0.3) is 0 Å². The van der Waals surface area contributed by atoms with Gasteiger partial charge in [0.25, 0.3) is 0 Å². The van der Waals surface area contributed by atoms with Gasteiger partial charge in [-0.25, -0.2) is 0 Å². The van der Waals surface area contributed by atoms with Crippen molar-refractivity contribution < 1.29 is 78.6 Å². The molecule has 0 bridgehead atoms. The number of carbonyl (C=O) groups is 4. The van der Waals surface area contributed by atoms with Gasteiger partial charge in [0, 0.05) is 0 Å². The first kappa shape index (κ1) is 24.1. The monoisotopic (exact) mass is 322 g/mol. The van der Waals surface area contributed by atoms with E-state index in [9.17, 15) is 19.2 Å². The molecule has 3 atom stereocenters. The summed E-state index contributed by atoms with van der Waals surface area (Å²) in [5.74, 6) is -9.79. The normalized spacial score (nSPS) is 12.4. The summed E-state index contributed by atoms with van der Waals surface area (Å²) in [6, 6.07) is 0. The van der Waals surface area contributed by atoms with Crippen LogP contribution in [0.5, 0.6) is 0 Å². The van der Waals surface area contributed by atoms with E-state index in [1.54, 1.807) is 0 Å². The Morgan fingerprint density at radius 1 is 0.850 bits per heavy atom.